The Morgan fingerprint density at radius 3 is 1.56 bits per heavy atom. The van der Waals surface area contributed by atoms with Gasteiger partial charge < -0.3 is 28.4 Å². The van der Waals surface area contributed by atoms with Gasteiger partial charge in [-0.05, 0) is 48.2 Å². The summed E-state index contributed by atoms with van der Waals surface area (Å²) in [6.07, 6.45) is 2.10. The molecular formula is C40H47N2O6+. The molecule has 3 heterocycles. The first-order valence-electron chi connectivity index (χ1n) is 17.0. The Hall–Kier alpha value is -3.76. The molecule has 8 heteroatoms. The monoisotopic (exact) mass is 651 g/mol. The van der Waals surface area contributed by atoms with Crippen molar-refractivity contribution < 1.29 is 28.4 Å². The average molecular weight is 652 g/mol. The van der Waals surface area contributed by atoms with Gasteiger partial charge in [-0.15, -0.1) is 0 Å². The number of piperazine rings is 1. The molecule has 8 nitrogen and oxygen atoms in total. The van der Waals surface area contributed by atoms with E-state index in [1.54, 1.807) is 28.4 Å². The molecule has 0 N–H and O–H groups in total. The maximum absolute atomic E-state index is 6.50. The number of nitrogens with zero attached hydrogens (tertiary/aromatic N) is 2. The number of methoxy groups -OCH3 is 4. The summed E-state index contributed by atoms with van der Waals surface area (Å²) in [4.78, 5) is 2.63. The molecule has 5 atom stereocenters. The second-order valence-corrected chi connectivity index (χ2v) is 13.0. The molecule has 1 saturated heterocycles. The van der Waals surface area contributed by atoms with Crippen LogP contribution in [-0.2, 0) is 18.9 Å². The molecule has 5 unspecified atom stereocenters. The Bertz CT molecular complexity index is 1610. The minimum Gasteiger partial charge on any atom is -0.497 e. The summed E-state index contributed by atoms with van der Waals surface area (Å²) in [6, 6.07) is 34.5. The van der Waals surface area contributed by atoms with E-state index in [-0.39, 0.29) is 30.8 Å². The van der Waals surface area contributed by atoms with E-state index in [1.165, 1.54) is 22.5 Å². The van der Waals surface area contributed by atoms with Crippen molar-refractivity contribution in [1.29, 1.82) is 0 Å². The zero-order valence-electron chi connectivity index (χ0n) is 28.4. The SMILES string of the molecule is COc1ccc([N+]2(c3ccc(OC)cc3)CCN(CCC3OC(OC)c4ccccc43)CC2CCC2OC(OC)c3ccccc32)cc1. The molecule has 1 fully saturated rings. The lowest BCUT2D eigenvalue weighted by molar-refractivity contribution is -0.145. The van der Waals surface area contributed by atoms with Crippen molar-refractivity contribution in [2.24, 2.45) is 0 Å². The third kappa shape index (κ3) is 6.13. The highest BCUT2D eigenvalue weighted by molar-refractivity contribution is 5.61. The van der Waals surface area contributed by atoms with E-state index in [1.807, 2.05) is 0 Å². The van der Waals surface area contributed by atoms with Crippen LogP contribution >= 0.6 is 0 Å². The number of rotatable bonds is 12. The zero-order chi connectivity index (χ0) is 33.1. The molecule has 3 aliphatic heterocycles. The van der Waals surface area contributed by atoms with Crippen LogP contribution in [0.1, 0.15) is 66.3 Å². The third-order valence-corrected chi connectivity index (χ3v) is 10.6. The topological polar surface area (TPSA) is 58.6 Å². The molecule has 0 bridgehead atoms. The van der Waals surface area contributed by atoms with E-state index in [0.29, 0.717) is 0 Å². The number of quaternary nitrogens is 1. The van der Waals surface area contributed by atoms with Gasteiger partial charge in [-0.25, -0.2) is 0 Å². The fourth-order valence-corrected chi connectivity index (χ4v) is 8.14. The standard InChI is InChI=1S/C40H47N2O6/c1-43-31-18-13-28(14-19-31)42(29-15-20-32(44-2)21-16-29)26-25-41(24-23-38-34-10-6-8-12-36(34)40(46-4)48-38)27-30(42)17-22-37-33-9-5-7-11-35(33)39(45-3)47-37/h5-16,18-21,30,37-40H,17,22-27H2,1-4H3/q+1. The highest BCUT2D eigenvalue weighted by atomic mass is 16.7. The van der Waals surface area contributed by atoms with Crippen molar-refractivity contribution in [2.45, 2.75) is 50.1 Å². The molecule has 7 rings (SSSR count). The summed E-state index contributed by atoms with van der Waals surface area (Å²) < 4.78 is 36.2. The summed E-state index contributed by atoms with van der Waals surface area (Å²) in [5.74, 6) is 1.71. The normalized spacial score (nSPS) is 24.6. The first-order chi connectivity index (χ1) is 23.6. The fraction of sp³-hybridized carbons (Fsp3) is 0.400. The van der Waals surface area contributed by atoms with Gasteiger partial charge >= 0.3 is 0 Å². The number of fused-ring (bicyclic) bond motifs is 2. The number of benzene rings is 4. The van der Waals surface area contributed by atoms with Gasteiger partial charge in [0.1, 0.15) is 35.5 Å². The summed E-state index contributed by atoms with van der Waals surface area (Å²) in [5.41, 5.74) is 7.25. The van der Waals surface area contributed by atoms with Crippen LogP contribution in [0.4, 0.5) is 11.4 Å². The summed E-state index contributed by atoms with van der Waals surface area (Å²) in [7, 11) is 6.88. The Balaban J connectivity index is 1.20. The first-order valence-corrected chi connectivity index (χ1v) is 17.0. The minimum absolute atomic E-state index is 0.0170. The fourth-order valence-electron chi connectivity index (χ4n) is 8.14. The highest BCUT2D eigenvalue weighted by Crippen LogP contribution is 2.47. The maximum Gasteiger partial charge on any atom is 0.184 e. The summed E-state index contributed by atoms with van der Waals surface area (Å²) >= 11 is 0. The maximum atomic E-state index is 6.50. The van der Waals surface area contributed by atoms with Crippen LogP contribution in [0.5, 0.6) is 11.5 Å². The molecule has 0 aromatic heterocycles. The highest BCUT2D eigenvalue weighted by Gasteiger charge is 2.47. The lowest BCUT2D eigenvalue weighted by Crippen LogP contribution is -2.64. The Kier molecular flexibility index (Phi) is 9.82. The Morgan fingerprint density at radius 2 is 1.08 bits per heavy atom. The molecule has 252 valence electrons. The largest absolute Gasteiger partial charge is 0.497 e. The molecular weight excluding hydrogens is 604 g/mol. The van der Waals surface area contributed by atoms with Gasteiger partial charge in [0.05, 0.1) is 33.0 Å². The Morgan fingerprint density at radius 1 is 0.604 bits per heavy atom. The molecule has 48 heavy (non-hydrogen) atoms. The van der Waals surface area contributed by atoms with Gasteiger partial charge in [-0.2, -0.15) is 0 Å². The van der Waals surface area contributed by atoms with Crippen molar-refractivity contribution in [2.75, 3.05) is 54.6 Å². The van der Waals surface area contributed by atoms with E-state index in [0.717, 1.165) is 72.6 Å². The molecule has 0 amide bonds. The number of hydrogen-bond donors (Lipinski definition) is 0. The summed E-state index contributed by atoms with van der Waals surface area (Å²) in [5, 5.41) is 0. The third-order valence-electron chi connectivity index (χ3n) is 10.6. The Labute approximate surface area is 284 Å². The first kappa shape index (κ1) is 32.8. The number of hydrogen-bond acceptors (Lipinski definition) is 7. The van der Waals surface area contributed by atoms with E-state index < -0.39 is 0 Å². The molecule has 0 spiro atoms. The van der Waals surface area contributed by atoms with Crippen molar-refractivity contribution in [3.63, 3.8) is 0 Å². The van der Waals surface area contributed by atoms with E-state index in [9.17, 15) is 0 Å². The molecule has 0 aliphatic carbocycles. The van der Waals surface area contributed by atoms with Gasteiger partial charge in [0.25, 0.3) is 0 Å². The predicted molar refractivity (Wildman–Crippen MR) is 186 cm³/mol. The van der Waals surface area contributed by atoms with Crippen molar-refractivity contribution in [3.8, 4) is 11.5 Å². The van der Waals surface area contributed by atoms with Crippen molar-refractivity contribution in [1.82, 2.24) is 9.38 Å². The predicted octanol–water partition coefficient (Wildman–Crippen LogP) is 8.03. The van der Waals surface area contributed by atoms with E-state index in [2.05, 4.69) is 102 Å². The van der Waals surface area contributed by atoms with Gasteiger partial charge in [0.15, 0.2) is 12.6 Å². The van der Waals surface area contributed by atoms with Crippen LogP contribution in [0.3, 0.4) is 0 Å². The molecule has 4 aromatic carbocycles. The van der Waals surface area contributed by atoms with Crippen LogP contribution in [0.25, 0.3) is 0 Å². The van der Waals surface area contributed by atoms with Crippen LogP contribution < -0.4 is 14.0 Å². The summed E-state index contributed by atoms with van der Waals surface area (Å²) in [6.45, 7) is 3.74. The lowest BCUT2D eigenvalue weighted by atomic mass is 9.94. The van der Waals surface area contributed by atoms with Gasteiger partial charge in [-0.3, -0.25) is 9.38 Å². The molecule has 4 aromatic rings. The van der Waals surface area contributed by atoms with Crippen LogP contribution in [0.2, 0.25) is 0 Å². The van der Waals surface area contributed by atoms with Crippen molar-refractivity contribution >= 4 is 11.4 Å². The molecule has 3 aliphatic rings. The van der Waals surface area contributed by atoms with Gasteiger partial charge in [-0.1, -0.05) is 48.5 Å². The molecule has 0 saturated carbocycles. The van der Waals surface area contributed by atoms with E-state index in [4.69, 9.17) is 28.4 Å². The van der Waals surface area contributed by atoms with E-state index >= 15 is 0 Å². The van der Waals surface area contributed by atoms with Crippen LogP contribution in [0, 0.1) is 0 Å². The van der Waals surface area contributed by atoms with Gasteiger partial charge in [0, 0.05) is 69.1 Å². The smallest absolute Gasteiger partial charge is 0.184 e. The molecule has 0 radical (unpaired) electrons. The second kappa shape index (κ2) is 14.4. The van der Waals surface area contributed by atoms with Crippen LogP contribution in [-0.4, -0.2) is 65.6 Å². The van der Waals surface area contributed by atoms with Crippen molar-refractivity contribution in [3.05, 3.63) is 119 Å². The van der Waals surface area contributed by atoms with Crippen LogP contribution in [0.15, 0.2) is 97.1 Å². The quantitative estimate of drug-likeness (QED) is 0.144. The second-order valence-electron chi connectivity index (χ2n) is 13.0. The van der Waals surface area contributed by atoms with Gasteiger partial charge in [0.2, 0.25) is 0 Å². The minimum atomic E-state index is -0.332. The zero-order valence-corrected chi connectivity index (χ0v) is 28.4. The average Bonchev–Trinajstić information content (AvgIpc) is 3.71. The lowest BCUT2D eigenvalue weighted by Gasteiger charge is -2.50. The number of ether oxygens (including phenoxy) is 6.